The molecule has 5 heteroatoms. The second kappa shape index (κ2) is 3.98. The highest BCUT2D eigenvalue weighted by Crippen LogP contribution is 2.27. The maximum atomic E-state index is 11.0. The van der Waals surface area contributed by atoms with Gasteiger partial charge in [-0.2, -0.15) is 8.42 Å². The molecule has 1 aromatic rings. The van der Waals surface area contributed by atoms with Crippen molar-refractivity contribution in [1.82, 2.24) is 0 Å². The molecule has 1 N–H and O–H groups in total. The molecule has 0 saturated heterocycles. The lowest BCUT2D eigenvalue weighted by Crippen LogP contribution is -2.04. The Hall–Kier alpha value is -1.07. The summed E-state index contributed by atoms with van der Waals surface area (Å²) in [5.74, 6) is 0.220. The summed E-state index contributed by atoms with van der Waals surface area (Å²) in [7, 11) is -4.20. The van der Waals surface area contributed by atoms with E-state index in [0.717, 1.165) is 0 Å². The Kier molecular flexibility index (Phi) is 3.13. The first kappa shape index (κ1) is 11.0. The molecule has 0 aliphatic heterocycles. The van der Waals surface area contributed by atoms with Gasteiger partial charge in [0.05, 0.1) is 6.61 Å². The molecule has 14 heavy (non-hydrogen) atoms. The van der Waals surface area contributed by atoms with Crippen LogP contribution < -0.4 is 4.74 Å². The normalized spacial score (nSPS) is 11.4. The molecule has 4 nitrogen and oxygen atoms in total. The summed E-state index contributed by atoms with van der Waals surface area (Å²) >= 11 is 0. The smallest absolute Gasteiger partial charge is 0.298 e. The molecule has 1 rings (SSSR count). The molecule has 0 fully saturated rings. The topological polar surface area (TPSA) is 63.6 Å². The standard InChI is InChI=1S/C9H12O4S/c1-3-13-9-7(2)5-4-6-8(9)14(10,11)12/h4-6H,3H2,1-2H3,(H,10,11,12). The van der Waals surface area contributed by atoms with Crippen LogP contribution in [0.25, 0.3) is 0 Å². The van der Waals surface area contributed by atoms with Gasteiger partial charge in [-0.25, -0.2) is 0 Å². The minimum Gasteiger partial charge on any atom is -0.492 e. The first-order valence-corrected chi connectivity index (χ1v) is 5.60. The average Bonchev–Trinajstić information content (AvgIpc) is 2.07. The van der Waals surface area contributed by atoms with Crippen LogP contribution >= 0.6 is 0 Å². The summed E-state index contributed by atoms with van der Waals surface area (Å²) in [5, 5.41) is 0. The maximum Gasteiger partial charge on any atom is 0.298 e. The summed E-state index contributed by atoms with van der Waals surface area (Å²) in [6.07, 6.45) is 0. The third-order valence-electron chi connectivity index (χ3n) is 1.74. The number of aryl methyl sites for hydroxylation is 1. The highest BCUT2D eigenvalue weighted by molar-refractivity contribution is 7.86. The Bertz CT molecular complexity index is 422. The van der Waals surface area contributed by atoms with Gasteiger partial charge in [0, 0.05) is 0 Å². The number of benzene rings is 1. The fourth-order valence-electron chi connectivity index (χ4n) is 1.16. The molecule has 0 saturated carbocycles. The number of hydrogen-bond donors (Lipinski definition) is 1. The van der Waals surface area contributed by atoms with Crippen LogP contribution in [-0.4, -0.2) is 19.6 Å². The summed E-state index contributed by atoms with van der Waals surface area (Å²) in [6.45, 7) is 3.83. The van der Waals surface area contributed by atoms with Gasteiger partial charge in [0.15, 0.2) is 0 Å². The molecule has 0 radical (unpaired) electrons. The Morgan fingerprint density at radius 1 is 1.43 bits per heavy atom. The van der Waals surface area contributed by atoms with Crippen LogP contribution in [0.3, 0.4) is 0 Å². The van der Waals surface area contributed by atoms with Crippen molar-refractivity contribution >= 4 is 10.1 Å². The van der Waals surface area contributed by atoms with Crippen molar-refractivity contribution in [3.05, 3.63) is 23.8 Å². The Balaban J connectivity index is 3.36. The van der Waals surface area contributed by atoms with Crippen LogP contribution in [0, 0.1) is 6.92 Å². The highest BCUT2D eigenvalue weighted by Gasteiger charge is 2.17. The zero-order chi connectivity index (χ0) is 10.8. The van der Waals surface area contributed by atoms with Crippen molar-refractivity contribution in [2.75, 3.05) is 6.61 Å². The SMILES string of the molecule is CCOc1c(C)cccc1S(=O)(=O)O. The lowest BCUT2D eigenvalue weighted by atomic mass is 10.2. The number of rotatable bonds is 3. The van der Waals surface area contributed by atoms with E-state index in [4.69, 9.17) is 9.29 Å². The van der Waals surface area contributed by atoms with Gasteiger partial charge in [-0.05, 0) is 25.5 Å². The van der Waals surface area contributed by atoms with E-state index in [-0.39, 0.29) is 10.6 Å². The van der Waals surface area contributed by atoms with Crippen LogP contribution in [0.2, 0.25) is 0 Å². The van der Waals surface area contributed by atoms with E-state index in [1.54, 1.807) is 26.0 Å². The minimum absolute atomic E-state index is 0.181. The second-order valence-corrected chi connectivity index (χ2v) is 4.20. The van der Waals surface area contributed by atoms with Gasteiger partial charge in [0.2, 0.25) is 0 Å². The predicted octanol–water partition coefficient (Wildman–Crippen LogP) is 1.64. The largest absolute Gasteiger partial charge is 0.492 e. The summed E-state index contributed by atoms with van der Waals surface area (Å²) < 4.78 is 36.0. The van der Waals surface area contributed by atoms with Crippen LogP contribution in [-0.2, 0) is 10.1 Å². The Morgan fingerprint density at radius 2 is 2.07 bits per heavy atom. The van der Waals surface area contributed by atoms with Crippen molar-refractivity contribution in [2.45, 2.75) is 18.7 Å². The fraction of sp³-hybridized carbons (Fsp3) is 0.333. The first-order chi connectivity index (χ1) is 6.46. The third kappa shape index (κ3) is 2.24. The van der Waals surface area contributed by atoms with Gasteiger partial charge >= 0.3 is 0 Å². The van der Waals surface area contributed by atoms with Crippen LogP contribution in [0.5, 0.6) is 5.75 Å². The minimum atomic E-state index is -4.20. The van der Waals surface area contributed by atoms with Crippen molar-refractivity contribution in [2.24, 2.45) is 0 Å². The van der Waals surface area contributed by atoms with E-state index in [9.17, 15) is 8.42 Å². The Labute approximate surface area is 83.3 Å². The molecule has 78 valence electrons. The molecule has 0 aliphatic rings. The van der Waals surface area contributed by atoms with E-state index in [2.05, 4.69) is 0 Å². The lowest BCUT2D eigenvalue weighted by molar-refractivity contribution is 0.327. The molecule has 1 aromatic carbocycles. The lowest BCUT2D eigenvalue weighted by Gasteiger charge is -2.10. The second-order valence-electron chi connectivity index (χ2n) is 2.81. The quantitative estimate of drug-likeness (QED) is 0.780. The van der Waals surface area contributed by atoms with Gasteiger partial charge < -0.3 is 4.74 Å². The molecular formula is C9H12O4S. The van der Waals surface area contributed by atoms with E-state index in [1.807, 2.05) is 0 Å². The zero-order valence-corrected chi connectivity index (χ0v) is 8.84. The molecule has 0 spiro atoms. The van der Waals surface area contributed by atoms with Crippen molar-refractivity contribution in [3.8, 4) is 5.75 Å². The molecular weight excluding hydrogens is 204 g/mol. The summed E-state index contributed by atoms with van der Waals surface area (Å²) in [6, 6.07) is 4.59. The van der Waals surface area contributed by atoms with Crippen molar-refractivity contribution < 1.29 is 17.7 Å². The third-order valence-corrected chi connectivity index (χ3v) is 2.62. The predicted molar refractivity (Wildman–Crippen MR) is 52.2 cm³/mol. The highest BCUT2D eigenvalue weighted by atomic mass is 32.2. The number of para-hydroxylation sites is 1. The van der Waals surface area contributed by atoms with Crippen molar-refractivity contribution in [3.63, 3.8) is 0 Å². The van der Waals surface area contributed by atoms with Gasteiger partial charge in [-0.1, -0.05) is 12.1 Å². The van der Waals surface area contributed by atoms with Crippen LogP contribution in [0.15, 0.2) is 23.1 Å². The van der Waals surface area contributed by atoms with Gasteiger partial charge in [0.25, 0.3) is 10.1 Å². The number of hydrogen-bond acceptors (Lipinski definition) is 3. The Morgan fingerprint density at radius 3 is 2.57 bits per heavy atom. The van der Waals surface area contributed by atoms with Gasteiger partial charge in [-0.3, -0.25) is 4.55 Å². The van der Waals surface area contributed by atoms with E-state index in [1.165, 1.54) is 6.07 Å². The average molecular weight is 216 g/mol. The molecule has 0 bridgehead atoms. The maximum absolute atomic E-state index is 11.0. The molecule has 0 amide bonds. The van der Waals surface area contributed by atoms with Crippen LogP contribution in [0.1, 0.15) is 12.5 Å². The van der Waals surface area contributed by atoms with Gasteiger partial charge in [0.1, 0.15) is 10.6 Å². The van der Waals surface area contributed by atoms with E-state index in [0.29, 0.717) is 12.2 Å². The fourth-order valence-corrected chi connectivity index (χ4v) is 1.86. The van der Waals surface area contributed by atoms with Crippen LogP contribution in [0.4, 0.5) is 0 Å². The van der Waals surface area contributed by atoms with E-state index < -0.39 is 10.1 Å². The zero-order valence-electron chi connectivity index (χ0n) is 8.02. The number of ether oxygens (including phenoxy) is 1. The molecule has 0 atom stereocenters. The summed E-state index contributed by atoms with van der Waals surface area (Å²) in [5.41, 5.74) is 0.682. The van der Waals surface area contributed by atoms with Crippen molar-refractivity contribution in [1.29, 1.82) is 0 Å². The first-order valence-electron chi connectivity index (χ1n) is 4.16. The summed E-state index contributed by atoms with van der Waals surface area (Å²) in [4.78, 5) is -0.181. The van der Waals surface area contributed by atoms with E-state index >= 15 is 0 Å². The molecule has 0 aromatic heterocycles. The molecule has 0 aliphatic carbocycles. The van der Waals surface area contributed by atoms with Gasteiger partial charge in [-0.15, -0.1) is 0 Å². The molecule has 0 heterocycles. The molecule has 0 unspecified atom stereocenters. The monoisotopic (exact) mass is 216 g/mol.